The first-order valence-corrected chi connectivity index (χ1v) is 6.77. The zero-order chi connectivity index (χ0) is 13.5. The van der Waals surface area contributed by atoms with Crippen molar-refractivity contribution in [2.24, 2.45) is 0 Å². The van der Waals surface area contributed by atoms with Crippen molar-refractivity contribution in [1.82, 2.24) is 9.97 Å². The molecule has 0 unspecified atom stereocenters. The van der Waals surface area contributed by atoms with E-state index in [1.807, 2.05) is 31.4 Å². The number of nitrogens with zero attached hydrogens (tertiary/aromatic N) is 2. The maximum absolute atomic E-state index is 5.87. The first kappa shape index (κ1) is 12.0. The van der Waals surface area contributed by atoms with Crippen molar-refractivity contribution in [3.63, 3.8) is 0 Å². The number of nitrogens with one attached hydrogen (secondary N) is 1. The van der Waals surface area contributed by atoms with Crippen molar-refractivity contribution < 1.29 is 4.42 Å². The molecule has 0 aliphatic carbocycles. The molecule has 0 saturated heterocycles. The van der Waals surface area contributed by atoms with Crippen LogP contribution in [0.15, 0.2) is 34.2 Å². The number of rotatable bonds is 3. The van der Waals surface area contributed by atoms with Crippen molar-refractivity contribution in [2.75, 3.05) is 11.1 Å². The largest absolute Gasteiger partial charge is 0.423 e. The number of fused-ring (bicyclic) bond motifs is 1. The second kappa shape index (κ2) is 4.24. The summed E-state index contributed by atoms with van der Waals surface area (Å²) in [6.07, 6.45) is 1.79. The maximum atomic E-state index is 5.87. The molecule has 3 rings (SSSR count). The summed E-state index contributed by atoms with van der Waals surface area (Å²) < 4.78 is 5.66. The van der Waals surface area contributed by atoms with Crippen LogP contribution in [-0.4, -0.2) is 9.97 Å². The molecule has 0 saturated carbocycles. The summed E-state index contributed by atoms with van der Waals surface area (Å²) >= 11 is 1.59. The monoisotopic (exact) mass is 274 g/mol. The highest BCUT2D eigenvalue weighted by Crippen LogP contribution is 2.29. The molecule has 1 aromatic carbocycles. The molecule has 6 heteroatoms. The van der Waals surface area contributed by atoms with Crippen LogP contribution in [0.4, 0.5) is 11.7 Å². The number of anilines is 2. The second-order valence-corrected chi connectivity index (χ2v) is 5.69. The van der Waals surface area contributed by atoms with Gasteiger partial charge in [0.05, 0.1) is 11.2 Å². The number of benzene rings is 1. The van der Waals surface area contributed by atoms with Gasteiger partial charge in [0, 0.05) is 11.6 Å². The third-order valence-corrected chi connectivity index (χ3v) is 3.93. The number of hydrogen-bond donors (Lipinski definition) is 2. The molecule has 0 fully saturated rings. The molecule has 0 radical (unpaired) electrons. The number of nitrogens with two attached hydrogens (primary N) is 1. The zero-order valence-corrected chi connectivity index (χ0v) is 11.5. The highest BCUT2D eigenvalue weighted by atomic mass is 32.1. The van der Waals surface area contributed by atoms with Crippen LogP contribution in [0.5, 0.6) is 0 Å². The SMILES string of the molecule is CC(C)(Nc1nc2c(N)cccc2o1)c1nccs1. The van der Waals surface area contributed by atoms with Crippen molar-refractivity contribution in [2.45, 2.75) is 19.4 Å². The summed E-state index contributed by atoms with van der Waals surface area (Å²) in [4.78, 5) is 8.70. The smallest absolute Gasteiger partial charge is 0.296 e. The molecule has 0 aliphatic heterocycles. The average molecular weight is 274 g/mol. The van der Waals surface area contributed by atoms with Crippen molar-refractivity contribution in [3.05, 3.63) is 34.8 Å². The van der Waals surface area contributed by atoms with Gasteiger partial charge in [0.25, 0.3) is 6.01 Å². The van der Waals surface area contributed by atoms with E-state index in [0.717, 1.165) is 5.01 Å². The number of hydrogen-bond acceptors (Lipinski definition) is 6. The zero-order valence-electron chi connectivity index (χ0n) is 10.7. The van der Waals surface area contributed by atoms with Gasteiger partial charge in [-0.3, -0.25) is 0 Å². The Labute approximate surface area is 114 Å². The lowest BCUT2D eigenvalue weighted by Gasteiger charge is -2.22. The van der Waals surface area contributed by atoms with E-state index < -0.39 is 0 Å². The second-order valence-electron chi connectivity index (χ2n) is 4.80. The lowest BCUT2D eigenvalue weighted by molar-refractivity contribution is 0.539. The van der Waals surface area contributed by atoms with Crippen LogP contribution in [0.2, 0.25) is 0 Å². The highest BCUT2D eigenvalue weighted by Gasteiger charge is 2.25. The van der Waals surface area contributed by atoms with E-state index in [-0.39, 0.29) is 5.54 Å². The molecular formula is C13H14N4OS. The van der Waals surface area contributed by atoms with E-state index in [2.05, 4.69) is 15.3 Å². The normalized spacial score (nSPS) is 11.9. The van der Waals surface area contributed by atoms with Gasteiger partial charge in [-0.05, 0) is 26.0 Å². The number of oxazole rings is 1. The molecule has 3 N–H and O–H groups in total. The van der Waals surface area contributed by atoms with Gasteiger partial charge in [-0.1, -0.05) is 6.07 Å². The molecule has 0 bridgehead atoms. The lowest BCUT2D eigenvalue weighted by atomic mass is 10.1. The molecular weight excluding hydrogens is 260 g/mol. The molecule has 0 amide bonds. The molecule has 2 aromatic heterocycles. The predicted octanol–water partition coefficient (Wildman–Crippen LogP) is 3.21. The van der Waals surface area contributed by atoms with Crippen LogP contribution >= 0.6 is 11.3 Å². The van der Waals surface area contributed by atoms with Crippen LogP contribution < -0.4 is 11.1 Å². The van der Waals surface area contributed by atoms with E-state index in [1.165, 1.54) is 0 Å². The van der Waals surface area contributed by atoms with Gasteiger partial charge >= 0.3 is 0 Å². The molecule has 0 atom stereocenters. The Balaban J connectivity index is 1.95. The van der Waals surface area contributed by atoms with Crippen molar-refractivity contribution >= 4 is 34.1 Å². The van der Waals surface area contributed by atoms with Gasteiger partial charge < -0.3 is 15.5 Å². The summed E-state index contributed by atoms with van der Waals surface area (Å²) in [5.74, 6) is 0. The molecule has 19 heavy (non-hydrogen) atoms. The fourth-order valence-electron chi connectivity index (χ4n) is 1.88. The predicted molar refractivity (Wildman–Crippen MR) is 77.2 cm³/mol. The minimum Gasteiger partial charge on any atom is -0.423 e. The number of para-hydroxylation sites is 1. The first-order valence-electron chi connectivity index (χ1n) is 5.89. The first-order chi connectivity index (χ1) is 9.06. The Bertz CT molecular complexity index is 703. The molecule has 5 nitrogen and oxygen atoms in total. The topological polar surface area (TPSA) is 77.0 Å². The molecule has 3 aromatic rings. The van der Waals surface area contributed by atoms with Gasteiger partial charge in [0.2, 0.25) is 0 Å². The van der Waals surface area contributed by atoms with Crippen molar-refractivity contribution in [3.8, 4) is 0 Å². The van der Waals surface area contributed by atoms with E-state index in [1.54, 1.807) is 23.6 Å². The third-order valence-electron chi connectivity index (χ3n) is 2.84. The van der Waals surface area contributed by atoms with E-state index in [4.69, 9.17) is 10.2 Å². The Morgan fingerprint density at radius 3 is 2.89 bits per heavy atom. The Hall–Kier alpha value is -2.08. The van der Waals surface area contributed by atoms with E-state index in [9.17, 15) is 0 Å². The number of aromatic nitrogens is 2. The van der Waals surface area contributed by atoms with E-state index in [0.29, 0.717) is 22.8 Å². The van der Waals surface area contributed by atoms with Gasteiger partial charge in [-0.15, -0.1) is 11.3 Å². The van der Waals surface area contributed by atoms with Gasteiger partial charge in [0.15, 0.2) is 5.58 Å². The molecule has 0 spiro atoms. The summed E-state index contributed by atoms with van der Waals surface area (Å²) in [6.45, 7) is 4.06. The van der Waals surface area contributed by atoms with Gasteiger partial charge in [-0.25, -0.2) is 4.98 Å². The summed E-state index contributed by atoms with van der Waals surface area (Å²) in [6, 6.07) is 5.95. The fraction of sp³-hybridized carbons (Fsp3) is 0.231. The highest BCUT2D eigenvalue weighted by molar-refractivity contribution is 7.09. The third kappa shape index (κ3) is 2.15. The minimum absolute atomic E-state index is 0.343. The Morgan fingerprint density at radius 2 is 2.21 bits per heavy atom. The summed E-state index contributed by atoms with van der Waals surface area (Å²) in [5.41, 5.74) is 7.49. The Kier molecular flexibility index (Phi) is 2.67. The molecule has 2 heterocycles. The van der Waals surface area contributed by atoms with Crippen LogP contribution in [0.1, 0.15) is 18.9 Å². The van der Waals surface area contributed by atoms with E-state index >= 15 is 0 Å². The fourth-order valence-corrected chi connectivity index (χ4v) is 2.59. The average Bonchev–Trinajstić information content (AvgIpc) is 2.96. The molecule has 98 valence electrons. The van der Waals surface area contributed by atoms with Crippen LogP contribution in [0.3, 0.4) is 0 Å². The van der Waals surface area contributed by atoms with Crippen LogP contribution in [0, 0.1) is 0 Å². The number of thiazole rings is 1. The van der Waals surface area contributed by atoms with Crippen LogP contribution in [0.25, 0.3) is 11.1 Å². The summed E-state index contributed by atoms with van der Waals surface area (Å²) in [7, 11) is 0. The summed E-state index contributed by atoms with van der Waals surface area (Å²) in [5, 5.41) is 6.17. The maximum Gasteiger partial charge on any atom is 0.296 e. The van der Waals surface area contributed by atoms with Gasteiger partial charge in [0.1, 0.15) is 10.5 Å². The lowest BCUT2D eigenvalue weighted by Crippen LogP contribution is -2.27. The van der Waals surface area contributed by atoms with Crippen molar-refractivity contribution in [1.29, 1.82) is 0 Å². The Morgan fingerprint density at radius 1 is 1.37 bits per heavy atom. The standard InChI is InChI=1S/C13H14N4OS/c1-13(2,11-15-6-7-19-11)17-12-16-10-8(14)4-3-5-9(10)18-12/h3-7H,14H2,1-2H3,(H,16,17). The number of nitrogen functional groups attached to an aromatic ring is 1. The van der Waals surface area contributed by atoms with Gasteiger partial charge in [-0.2, -0.15) is 4.98 Å². The molecule has 0 aliphatic rings. The minimum atomic E-state index is -0.343. The quantitative estimate of drug-likeness (QED) is 0.717. The van der Waals surface area contributed by atoms with Crippen LogP contribution in [-0.2, 0) is 5.54 Å².